The second-order valence-electron chi connectivity index (χ2n) is 3.86. The van der Waals surface area contributed by atoms with Crippen molar-refractivity contribution in [1.29, 1.82) is 0 Å². The van der Waals surface area contributed by atoms with Gasteiger partial charge in [-0.25, -0.2) is 4.99 Å². The summed E-state index contributed by atoms with van der Waals surface area (Å²) in [5.41, 5.74) is 5.64. The Labute approximate surface area is 117 Å². The largest absolute Gasteiger partial charge is 0.394 e. The fourth-order valence-corrected chi connectivity index (χ4v) is 2.66. The number of alkyl halides is 1. The lowest BCUT2D eigenvalue weighted by Crippen LogP contribution is -2.41. The zero-order chi connectivity index (χ0) is 12.6. The summed E-state index contributed by atoms with van der Waals surface area (Å²) in [6.07, 6.45) is -0.265. The zero-order valence-electron chi connectivity index (χ0n) is 8.83. The average molecular weight is 374 g/mol. The minimum atomic E-state index is -0.888. The normalized spacial score (nSPS) is 38.0. The fourth-order valence-electron chi connectivity index (χ4n) is 1.76. The molecule has 0 saturated carbocycles. The first-order valence-electron chi connectivity index (χ1n) is 5.06. The first-order chi connectivity index (χ1) is 8.04. The highest BCUT2D eigenvalue weighted by atomic mass is 127. The lowest BCUT2D eigenvalue weighted by atomic mass is 10.2. The molecular formula is C9H13ClIN3O3. The van der Waals surface area contributed by atoms with Gasteiger partial charge in [0, 0.05) is 6.20 Å². The summed E-state index contributed by atoms with van der Waals surface area (Å²) in [4.78, 5) is 5.87. The second-order valence-corrected chi connectivity index (χ2v) is 5.52. The summed E-state index contributed by atoms with van der Waals surface area (Å²) in [7, 11) is 0. The van der Waals surface area contributed by atoms with Crippen molar-refractivity contribution < 1.29 is 14.9 Å². The van der Waals surface area contributed by atoms with E-state index in [0.717, 1.165) is 3.58 Å². The highest BCUT2D eigenvalue weighted by Crippen LogP contribution is 2.30. The number of rotatable bonds is 2. The minimum Gasteiger partial charge on any atom is -0.394 e. The highest BCUT2D eigenvalue weighted by Gasteiger charge is 2.44. The Morgan fingerprint density at radius 2 is 2.41 bits per heavy atom. The zero-order valence-corrected chi connectivity index (χ0v) is 11.7. The number of nitrogens with two attached hydrogens (primary N) is 1. The van der Waals surface area contributed by atoms with E-state index in [1.165, 1.54) is 0 Å². The summed E-state index contributed by atoms with van der Waals surface area (Å²) in [5, 5.41) is 18.2. The van der Waals surface area contributed by atoms with E-state index in [1.807, 2.05) is 0 Å². The van der Waals surface area contributed by atoms with Crippen molar-refractivity contribution in [3.05, 3.63) is 9.78 Å². The number of amidine groups is 1. The van der Waals surface area contributed by atoms with Crippen LogP contribution in [0, 0.1) is 0 Å². The molecule has 2 aliphatic rings. The molecule has 0 aromatic carbocycles. The first kappa shape index (κ1) is 13.3. The summed E-state index contributed by atoms with van der Waals surface area (Å²) in [6, 6.07) is 0. The van der Waals surface area contributed by atoms with Gasteiger partial charge < -0.3 is 25.6 Å². The molecule has 2 heterocycles. The van der Waals surface area contributed by atoms with Crippen LogP contribution in [0.2, 0.25) is 0 Å². The van der Waals surface area contributed by atoms with Crippen molar-refractivity contribution in [1.82, 2.24) is 4.90 Å². The van der Waals surface area contributed by atoms with E-state index in [0.29, 0.717) is 12.5 Å². The predicted molar refractivity (Wildman–Crippen MR) is 71.8 cm³/mol. The molecule has 0 radical (unpaired) electrons. The third-order valence-corrected chi connectivity index (χ3v) is 4.03. The van der Waals surface area contributed by atoms with Crippen LogP contribution in [0.15, 0.2) is 14.8 Å². The minimum absolute atomic E-state index is 0.263. The van der Waals surface area contributed by atoms with Gasteiger partial charge in [0.25, 0.3) is 0 Å². The molecule has 4 N–H and O–H groups in total. The maximum absolute atomic E-state index is 9.75. The van der Waals surface area contributed by atoms with Gasteiger partial charge >= 0.3 is 0 Å². The Kier molecular flexibility index (Phi) is 4.14. The molecule has 6 nitrogen and oxygen atoms in total. The van der Waals surface area contributed by atoms with Crippen LogP contribution in [0.5, 0.6) is 0 Å². The van der Waals surface area contributed by atoms with E-state index in [1.54, 1.807) is 11.1 Å². The summed E-state index contributed by atoms with van der Waals surface area (Å²) < 4.78 is 6.29. The standard InChI is InChI=1S/C9H13ClIN3O3/c10-6-7(16)5(2-15)17-9(6)14-1-4(11)8(12)13-3-14/h1,5-7,9,15-16H,2-3H2,(H2,12,13). The van der Waals surface area contributed by atoms with Crippen molar-refractivity contribution in [2.75, 3.05) is 13.3 Å². The Hall–Kier alpha value is -0.0900. The second kappa shape index (κ2) is 5.27. The Balaban J connectivity index is 2.10. The Morgan fingerprint density at radius 3 is 2.94 bits per heavy atom. The molecule has 4 unspecified atom stereocenters. The van der Waals surface area contributed by atoms with Gasteiger partial charge in [0.2, 0.25) is 0 Å². The van der Waals surface area contributed by atoms with Gasteiger partial charge in [0.15, 0.2) is 6.23 Å². The number of hydrogen-bond donors (Lipinski definition) is 3. The van der Waals surface area contributed by atoms with E-state index in [4.69, 9.17) is 27.2 Å². The van der Waals surface area contributed by atoms with Crippen molar-refractivity contribution in [2.24, 2.45) is 10.7 Å². The number of nitrogens with zero attached hydrogens (tertiary/aromatic N) is 2. The number of ether oxygens (including phenoxy) is 1. The summed E-state index contributed by atoms with van der Waals surface area (Å²) in [5.74, 6) is 0.477. The molecular weight excluding hydrogens is 360 g/mol. The maximum Gasteiger partial charge on any atom is 0.150 e. The molecule has 1 saturated heterocycles. The number of hydrogen-bond acceptors (Lipinski definition) is 6. The van der Waals surface area contributed by atoms with Crippen LogP contribution in [-0.4, -0.2) is 58.0 Å². The Morgan fingerprint density at radius 1 is 1.71 bits per heavy atom. The molecule has 0 bridgehead atoms. The highest BCUT2D eigenvalue weighted by molar-refractivity contribution is 14.1. The molecule has 17 heavy (non-hydrogen) atoms. The van der Waals surface area contributed by atoms with Gasteiger partial charge in [-0.2, -0.15) is 0 Å². The lowest BCUT2D eigenvalue weighted by Gasteiger charge is -2.30. The van der Waals surface area contributed by atoms with Crippen LogP contribution in [0.25, 0.3) is 0 Å². The molecule has 4 atom stereocenters. The molecule has 96 valence electrons. The van der Waals surface area contributed by atoms with Gasteiger partial charge in [0.05, 0.1) is 10.2 Å². The van der Waals surface area contributed by atoms with Crippen LogP contribution in [-0.2, 0) is 4.74 Å². The number of halogens is 2. The third-order valence-electron chi connectivity index (χ3n) is 2.73. The van der Waals surface area contributed by atoms with Gasteiger partial charge in [0.1, 0.15) is 30.1 Å². The van der Waals surface area contributed by atoms with E-state index in [-0.39, 0.29) is 6.61 Å². The van der Waals surface area contributed by atoms with Gasteiger partial charge in [-0.1, -0.05) is 0 Å². The van der Waals surface area contributed by atoms with Crippen LogP contribution < -0.4 is 5.73 Å². The summed E-state index contributed by atoms with van der Waals surface area (Å²) in [6.45, 7) is 0.0675. The third kappa shape index (κ3) is 2.53. The summed E-state index contributed by atoms with van der Waals surface area (Å²) >= 11 is 8.14. The molecule has 2 rings (SSSR count). The number of aliphatic imine (C=N–C) groups is 1. The lowest BCUT2D eigenvalue weighted by molar-refractivity contribution is -0.0634. The van der Waals surface area contributed by atoms with Crippen LogP contribution in [0.4, 0.5) is 0 Å². The molecule has 0 aromatic heterocycles. The first-order valence-corrected chi connectivity index (χ1v) is 6.58. The van der Waals surface area contributed by atoms with Crippen molar-refractivity contribution in [3.63, 3.8) is 0 Å². The number of aliphatic hydroxyl groups is 2. The predicted octanol–water partition coefficient (Wildman–Crippen LogP) is -0.421. The van der Waals surface area contributed by atoms with Gasteiger partial charge in [-0.3, -0.25) is 0 Å². The molecule has 0 spiro atoms. The Bertz CT molecular complexity index is 365. The fraction of sp³-hybridized carbons (Fsp3) is 0.667. The topological polar surface area (TPSA) is 91.3 Å². The molecule has 0 amide bonds. The maximum atomic E-state index is 9.75. The van der Waals surface area contributed by atoms with Crippen molar-refractivity contribution >= 4 is 40.0 Å². The monoisotopic (exact) mass is 373 g/mol. The van der Waals surface area contributed by atoms with E-state index < -0.39 is 23.8 Å². The van der Waals surface area contributed by atoms with Gasteiger partial charge in [-0.15, -0.1) is 11.6 Å². The molecule has 2 aliphatic heterocycles. The molecule has 8 heteroatoms. The van der Waals surface area contributed by atoms with E-state index >= 15 is 0 Å². The smallest absolute Gasteiger partial charge is 0.150 e. The molecule has 1 fully saturated rings. The van der Waals surface area contributed by atoms with Crippen molar-refractivity contribution in [3.8, 4) is 0 Å². The van der Waals surface area contributed by atoms with Crippen LogP contribution in [0.1, 0.15) is 0 Å². The van der Waals surface area contributed by atoms with Crippen LogP contribution >= 0.6 is 34.2 Å². The van der Waals surface area contributed by atoms with Gasteiger partial charge in [-0.05, 0) is 22.6 Å². The molecule has 0 aliphatic carbocycles. The number of aliphatic hydroxyl groups excluding tert-OH is 2. The van der Waals surface area contributed by atoms with E-state index in [2.05, 4.69) is 27.6 Å². The molecule has 0 aromatic rings. The SMILES string of the molecule is NC1=NCN(C2OC(CO)C(O)C2Cl)C=C1I. The average Bonchev–Trinajstić information content (AvgIpc) is 2.60. The van der Waals surface area contributed by atoms with Crippen LogP contribution in [0.3, 0.4) is 0 Å². The van der Waals surface area contributed by atoms with Crippen molar-refractivity contribution in [2.45, 2.75) is 23.8 Å². The quantitative estimate of drug-likeness (QED) is 0.452. The van der Waals surface area contributed by atoms with E-state index in [9.17, 15) is 5.11 Å².